The number of carbonyl (C=O) groups excluding carboxylic acids is 2. The Morgan fingerprint density at radius 2 is 2.29 bits per heavy atom. The van der Waals surface area contributed by atoms with E-state index in [0.717, 1.165) is 18.4 Å². The zero-order valence-corrected chi connectivity index (χ0v) is 9.50. The predicted octanol–water partition coefficient (Wildman–Crippen LogP) is 0.361. The smallest absolute Gasteiger partial charge is 0.356 e. The molecule has 2 heterocycles. The molecule has 1 aromatic rings. The first-order chi connectivity index (χ1) is 8.18. The lowest BCUT2D eigenvalue weighted by atomic mass is 9.90. The highest BCUT2D eigenvalue weighted by molar-refractivity contribution is 6.00. The summed E-state index contributed by atoms with van der Waals surface area (Å²) >= 11 is 0. The second-order valence-electron chi connectivity index (χ2n) is 4.51. The van der Waals surface area contributed by atoms with E-state index in [1.807, 2.05) is 0 Å². The number of hydrogen-bond donors (Lipinski definition) is 2. The minimum atomic E-state index is -0.428. The van der Waals surface area contributed by atoms with Gasteiger partial charge in [0.1, 0.15) is 5.69 Å². The molecule has 0 unspecified atom stereocenters. The number of fused-ring (bicyclic) bond motifs is 2. The summed E-state index contributed by atoms with van der Waals surface area (Å²) in [5.41, 5.74) is 1.35. The van der Waals surface area contributed by atoms with Gasteiger partial charge in [0.2, 0.25) is 0 Å². The Morgan fingerprint density at radius 1 is 1.53 bits per heavy atom. The second kappa shape index (κ2) is 3.32. The van der Waals surface area contributed by atoms with Crippen molar-refractivity contribution in [1.29, 1.82) is 0 Å². The van der Waals surface area contributed by atoms with Crippen molar-refractivity contribution in [3.05, 3.63) is 17.0 Å². The standard InChI is InChI=1S/C11H13N3O3/c1-2-17-10(16)8-6-7(13-14-8)9(15)12-5-11(6)3-4-11/h2-5H2,1H3,(H,12,15)(H,13,14). The van der Waals surface area contributed by atoms with Gasteiger partial charge in [-0.2, -0.15) is 5.10 Å². The Balaban J connectivity index is 2.08. The van der Waals surface area contributed by atoms with Crippen molar-refractivity contribution in [3.8, 4) is 0 Å². The molecular formula is C11H13N3O3. The van der Waals surface area contributed by atoms with Gasteiger partial charge in [-0.15, -0.1) is 0 Å². The second-order valence-corrected chi connectivity index (χ2v) is 4.51. The summed E-state index contributed by atoms with van der Waals surface area (Å²) in [5.74, 6) is -0.647. The molecule has 1 fully saturated rings. The van der Waals surface area contributed by atoms with Crippen LogP contribution >= 0.6 is 0 Å². The largest absolute Gasteiger partial charge is 0.461 e. The van der Waals surface area contributed by atoms with Crippen LogP contribution in [0.2, 0.25) is 0 Å². The van der Waals surface area contributed by atoms with Gasteiger partial charge in [0.05, 0.1) is 6.61 Å². The highest BCUT2D eigenvalue weighted by Gasteiger charge is 2.52. The van der Waals surface area contributed by atoms with Crippen molar-refractivity contribution in [2.45, 2.75) is 25.2 Å². The summed E-state index contributed by atoms with van der Waals surface area (Å²) in [6, 6.07) is 0. The van der Waals surface area contributed by atoms with Gasteiger partial charge in [0.25, 0.3) is 5.91 Å². The number of amides is 1. The van der Waals surface area contributed by atoms with Crippen molar-refractivity contribution in [2.75, 3.05) is 13.2 Å². The van der Waals surface area contributed by atoms with Gasteiger partial charge in [0, 0.05) is 17.5 Å². The third-order valence-electron chi connectivity index (χ3n) is 3.43. The molecule has 1 aliphatic heterocycles. The van der Waals surface area contributed by atoms with Crippen molar-refractivity contribution < 1.29 is 14.3 Å². The normalized spacial score (nSPS) is 19.7. The maximum atomic E-state index is 11.8. The summed E-state index contributed by atoms with van der Waals surface area (Å²) in [7, 11) is 0. The van der Waals surface area contributed by atoms with E-state index in [0.29, 0.717) is 24.5 Å². The van der Waals surface area contributed by atoms with Crippen LogP contribution in [0.1, 0.15) is 46.3 Å². The fourth-order valence-electron chi connectivity index (χ4n) is 2.37. The molecule has 2 N–H and O–H groups in total. The third-order valence-corrected chi connectivity index (χ3v) is 3.43. The summed E-state index contributed by atoms with van der Waals surface area (Å²) in [6.45, 7) is 2.65. The van der Waals surface area contributed by atoms with Crippen LogP contribution in [-0.4, -0.2) is 35.2 Å². The molecule has 0 aromatic carbocycles. The monoisotopic (exact) mass is 235 g/mol. The maximum Gasteiger partial charge on any atom is 0.356 e. The Bertz CT molecular complexity index is 502. The highest BCUT2D eigenvalue weighted by atomic mass is 16.5. The summed E-state index contributed by atoms with van der Waals surface area (Å²) in [4.78, 5) is 23.4. The van der Waals surface area contributed by atoms with E-state index in [-0.39, 0.29) is 11.3 Å². The summed E-state index contributed by atoms with van der Waals surface area (Å²) < 4.78 is 4.97. The lowest BCUT2D eigenvalue weighted by molar-refractivity contribution is 0.0517. The maximum absolute atomic E-state index is 11.8. The van der Waals surface area contributed by atoms with E-state index in [1.165, 1.54) is 0 Å². The van der Waals surface area contributed by atoms with E-state index in [2.05, 4.69) is 15.5 Å². The highest BCUT2D eigenvalue weighted by Crippen LogP contribution is 2.51. The molecule has 1 aliphatic carbocycles. The van der Waals surface area contributed by atoms with E-state index in [9.17, 15) is 9.59 Å². The van der Waals surface area contributed by atoms with Crippen LogP contribution in [0.25, 0.3) is 0 Å². The van der Waals surface area contributed by atoms with Gasteiger partial charge in [-0.05, 0) is 19.8 Å². The Kier molecular flexibility index (Phi) is 2.01. The number of aromatic amines is 1. The third kappa shape index (κ3) is 1.36. The van der Waals surface area contributed by atoms with Gasteiger partial charge in [-0.3, -0.25) is 9.89 Å². The lowest BCUT2D eigenvalue weighted by Gasteiger charge is -2.22. The Hall–Kier alpha value is -1.85. The molecule has 1 aromatic heterocycles. The topological polar surface area (TPSA) is 84.1 Å². The number of esters is 1. The SMILES string of the molecule is CCOC(=O)c1[nH]nc2c1C1(CC1)CNC2=O. The molecule has 1 amide bonds. The number of nitrogens with one attached hydrogen (secondary N) is 2. The molecule has 2 aliphatic rings. The van der Waals surface area contributed by atoms with Gasteiger partial charge in [0.15, 0.2) is 5.69 Å². The molecular weight excluding hydrogens is 222 g/mol. The van der Waals surface area contributed by atoms with E-state index in [1.54, 1.807) is 6.92 Å². The van der Waals surface area contributed by atoms with Crippen LogP contribution in [0.4, 0.5) is 0 Å². The number of carbonyl (C=O) groups is 2. The molecule has 6 nitrogen and oxygen atoms in total. The summed E-state index contributed by atoms with van der Waals surface area (Å²) in [6.07, 6.45) is 1.96. The number of H-pyrrole nitrogens is 1. The molecule has 1 spiro atoms. The van der Waals surface area contributed by atoms with Crippen LogP contribution < -0.4 is 5.32 Å². The number of hydrogen-bond acceptors (Lipinski definition) is 4. The molecule has 17 heavy (non-hydrogen) atoms. The fraction of sp³-hybridized carbons (Fsp3) is 0.545. The number of ether oxygens (including phenoxy) is 1. The van der Waals surface area contributed by atoms with Crippen LogP contribution in [0.3, 0.4) is 0 Å². The molecule has 6 heteroatoms. The Morgan fingerprint density at radius 3 is 2.94 bits per heavy atom. The Labute approximate surface area is 97.7 Å². The number of nitrogens with zero attached hydrogens (tertiary/aromatic N) is 1. The number of aromatic nitrogens is 2. The van der Waals surface area contributed by atoms with Crippen molar-refractivity contribution >= 4 is 11.9 Å². The van der Waals surface area contributed by atoms with Crippen molar-refractivity contribution in [1.82, 2.24) is 15.5 Å². The van der Waals surface area contributed by atoms with E-state index in [4.69, 9.17) is 4.74 Å². The van der Waals surface area contributed by atoms with Crippen LogP contribution in [-0.2, 0) is 10.2 Å². The van der Waals surface area contributed by atoms with Gasteiger partial charge >= 0.3 is 5.97 Å². The fourth-order valence-corrected chi connectivity index (χ4v) is 2.37. The quantitative estimate of drug-likeness (QED) is 0.725. The van der Waals surface area contributed by atoms with E-state index < -0.39 is 5.97 Å². The van der Waals surface area contributed by atoms with Crippen LogP contribution in [0.15, 0.2) is 0 Å². The minimum Gasteiger partial charge on any atom is -0.461 e. The zero-order chi connectivity index (χ0) is 12.0. The van der Waals surface area contributed by atoms with Crippen LogP contribution in [0, 0.1) is 0 Å². The summed E-state index contributed by atoms with van der Waals surface area (Å²) in [5, 5.41) is 9.38. The first kappa shape index (κ1) is 10.3. The minimum absolute atomic E-state index is 0.0850. The predicted molar refractivity (Wildman–Crippen MR) is 57.8 cm³/mol. The molecule has 3 rings (SSSR count). The average Bonchev–Trinajstić information content (AvgIpc) is 2.92. The van der Waals surface area contributed by atoms with Gasteiger partial charge < -0.3 is 10.1 Å². The van der Waals surface area contributed by atoms with E-state index >= 15 is 0 Å². The van der Waals surface area contributed by atoms with Gasteiger partial charge in [-0.25, -0.2) is 4.79 Å². The molecule has 0 bridgehead atoms. The van der Waals surface area contributed by atoms with Crippen molar-refractivity contribution in [2.24, 2.45) is 0 Å². The lowest BCUT2D eigenvalue weighted by Crippen LogP contribution is -2.39. The van der Waals surface area contributed by atoms with Crippen LogP contribution in [0.5, 0.6) is 0 Å². The molecule has 0 radical (unpaired) electrons. The average molecular weight is 235 g/mol. The molecule has 0 saturated heterocycles. The molecule has 1 saturated carbocycles. The zero-order valence-electron chi connectivity index (χ0n) is 9.50. The molecule has 90 valence electrons. The first-order valence-corrected chi connectivity index (χ1v) is 5.72. The first-order valence-electron chi connectivity index (χ1n) is 5.72. The molecule has 0 atom stereocenters. The number of rotatable bonds is 2. The van der Waals surface area contributed by atoms with Crippen molar-refractivity contribution in [3.63, 3.8) is 0 Å². The van der Waals surface area contributed by atoms with Gasteiger partial charge in [-0.1, -0.05) is 0 Å².